The van der Waals surface area contributed by atoms with Crippen molar-refractivity contribution in [3.8, 4) is 5.75 Å². The summed E-state index contributed by atoms with van der Waals surface area (Å²) in [5, 5.41) is 3.58. The second-order valence-corrected chi connectivity index (χ2v) is 7.33. The predicted octanol–water partition coefficient (Wildman–Crippen LogP) is 3.65. The summed E-state index contributed by atoms with van der Waals surface area (Å²) >= 11 is 0. The Labute approximate surface area is 169 Å². The first-order chi connectivity index (χ1) is 14.2. The summed E-state index contributed by atoms with van der Waals surface area (Å²) in [4.78, 5) is 29.9. The van der Waals surface area contributed by atoms with E-state index in [0.717, 1.165) is 25.4 Å². The van der Waals surface area contributed by atoms with E-state index in [1.807, 2.05) is 42.5 Å². The molecule has 0 atom stereocenters. The van der Waals surface area contributed by atoms with Crippen molar-refractivity contribution in [3.63, 3.8) is 0 Å². The van der Waals surface area contributed by atoms with Gasteiger partial charge in [-0.15, -0.1) is 0 Å². The van der Waals surface area contributed by atoms with Crippen molar-refractivity contribution in [2.75, 3.05) is 31.6 Å². The minimum absolute atomic E-state index is 0.302. The summed E-state index contributed by atoms with van der Waals surface area (Å²) in [5.74, 6) is 0.397. The quantitative estimate of drug-likeness (QED) is 0.673. The zero-order valence-electron chi connectivity index (χ0n) is 16.3. The maximum absolute atomic E-state index is 12.8. The van der Waals surface area contributed by atoms with E-state index in [0.29, 0.717) is 28.8 Å². The number of H-pyrrole nitrogens is 1. The van der Waals surface area contributed by atoms with Crippen LogP contribution in [-0.2, 0) is 0 Å². The molecule has 0 spiro atoms. The zero-order chi connectivity index (χ0) is 20.1. The predicted molar refractivity (Wildman–Crippen MR) is 115 cm³/mol. The number of hydrogen-bond acceptors (Lipinski definition) is 4. The van der Waals surface area contributed by atoms with Crippen LogP contribution in [-0.4, -0.2) is 42.0 Å². The lowest BCUT2D eigenvalue weighted by Gasteiger charge is -2.26. The lowest BCUT2D eigenvalue weighted by atomic mass is 10.1. The largest absolute Gasteiger partial charge is 0.492 e. The number of carbonyl (C=O) groups excluding carboxylic acids is 1. The molecule has 3 aromatic rings. The number of amides is 1. The molecule has 2 heterocycles. The Hall–Kier alpha value is -3.12. The topological polar surface area (TPSA) is 74.4 Å². The Morgan fingerprint density at radius 2 is 1.86 bits per heavy atom. The fourth-order valence-electron chi connectivity index (χ4n) is 3.73. The van der Waals surface area contributed by atoms with Crippen LogP contribution in [0.5, 0.6) is 5.75 Å². The van der Waals surface area contributed by atoms with E-state index in [9.17, 15) is 9.59 Å². The van der Waals surface area contributed by atoms with Gasteiger partial charge in [0.1, 0.15) is 12.4 Å². The number of rotatable bonds is 6. The molecule has 4 rings (SSSR count). The van der Waals surface area contributed by atoms with Gasteiger partial charge in [0.05, 0.1) is 5.56 Å². The first-order valence-electron chi connectivity index (χ1n) is 10.1. The molecule has 1 saturated heterocycles. The van der Waals surface area contributed by atoms with E-state index in [1.54, 1.807) is 6.07 Å². The molecule has 6 heteroatoms. The molecule has 1 aliphatic rings. The molecular weight excluding hydrogens is 366 g/mol. The summed E-state index contributed by atoms with van der Waals surface area (Å²) < 4.78 is 5.88. The SMILES string of the molecule is O=C(Nc1cccc(OCCN2CCCCC2)c1)c1cc(=O)[nH]c2ccccc12. The first-order valence-corrected chi connectivity index (χ1v) is 10.1. The van der Waals surface area contributed by atoms with Crippen LogP contribution in [0.15, 0.2) is 59.4 Å². The minimum Gasteiger partial charge on any atom is -0.492 e. The highest BCUT2D eigenvalue weighted by atomic mass is 16.5. The highest BCUT2D eigenvalue weighted by Gasteiger charge is 2.13. The first kappa shape index (κ1) is 19.2. The molecule has 1 aliphatic heterocycles. The maximum atomic E-state index is 12.8. The van der Waals surface area contributed by atoms with E-state index in [1.165, 1.54) is 25.3 Å². The van der Waals surface area contributed by atoms with E-state index in [4.69, 9.17) is 4.74 Å². The number of hydrogen-bond donors (Lipinski definition) is 2. The number of benzene rings is 2. The third-order valence-electron chi connectivity index (χ3n) is 5.21. The number of fused-ring (bicyclic) bond motifs is 1. The molecule has 0 aliphatic carbocycles. The van der Waals surface area contributed by atoms with Crippen molar-refractivity contribution in [1.29, 1.82) is 0 Å². The number of ether oxygens (including phenoxy) is 1. The maximum Gasteiger partial charge on any atom is 0.256 e. The fourth-order valence-corrected chi connectivity index (χ4v) is 3.73. The van der Waals surface area contributed by atoms with Crippen molar-refractivity contribution in [1.82, 2.24) is 9.88 Å². The molecule has 2 N–H and O–H groups in total. The van der Waals surface area contributed by atoms with Crippen LogP contribution in [0.4, 0.5) is 5.69 Å². The summed E-state index contributed by atoms with van der Waals surface area (Å²) in [6.45, 7) is 3.82. The average molecular weight is 391 g/mol. The summed E-state index contributed by atoms with van der Waals surface area (Å²) in [7, 11) is 0. The van der Waals surface area contributed by atoms with Crippen molar-refractivity contribution >= 4 is 22.5 Å². The molecule has 0 bridgehead atoms. The van der Waals surface area contributed by atoms with E-state index in [-0.39, 0.29) is 11.5 Å². The van der Waals surface area contributed by atoms with E-state index < -0.39 is 0 Å². The van der Waals surface area contributed by atoms with Crippen LogP contribution in [0.3, 0.4) is 0 Å². The van der Waals surface area contributed by atoms with Gasteiger partial charge < -0.3 is 15.0 Å². The molecule has 1 fully saturated rings. The Bertz CT molecular complexity index is 1050. The number of pyridine rings is 1. The summed E-state index contributed by atoms with van der Waals surface area (Å²) in [5.41, 5.74) is 1.32. The van der Waals surface area contributed by atoms with Gasteiger partial charge in [0.15, 0.2) is 0 Å². The third kappa shape index (κ3) is 4.84. The Morgan fingerprint density at radius 1 is 1.03 bits per heavy atom. The van der Waals surface area contributed by atoms with Crippen molar-refractivity contribution in [2.24, 2.45) is 0 Å². The van der Waals surface area contributed by atoms with Gasteiger partial charge in [-0.2, -0.15) is 0 Å². The van der Waals surface area contributed by atoms with Crippen molar-refractivity contribution < 1.29 is 9.53 Å². The third-order valence-corrected chi connectivity index (χ3v) is 5.21. The summed E-state index contributed by atoms with van der Waals surface area (Å²) in [6, 6.07) is 15.9. The number of nitrogens with zero attached hydrogens (tertiary/aromatic N) is 1. The van der Waals surface area contributed by atoms with Crippen LogP contribution in [0.2, 0.25) is 0 Å². The van der Waals surface area contributed by atoms with Crippen LogP contribution in [0.1, 0.15) is 29.6 Å². The number of aromatic amines is 1. The van der Waals surface area contributed by atoms with Crippen molar-refractivity contribution in [3.05, 3.63) is 70.5 Å². The van der Waals surface area contributed by atoms with Gasteiger partial charge >= 0.3 is 0 Å². The van der Waals surface area contributed by atoms with Crippen LogP contribution in [0, 0.1) is 0 Å². The van der Waals surface area contributed by atoms with E-state index in [2.05, 4.69) is 15.2 Å². The number of para-hydroxylation sites is 1. The minimum atomic E-state index is -0.322. The van der Waals surface area contributed by atoms with Gasteiger partial charge in [-0.05, 0) is 44.1 Å². The zero-order valence-corrected chi connectivity index (χ0v) is 16.3. The number of aromatic nitrogens is 1. The number of likely N-dealkylation sites (tertiary alicyclic amines) is 1. The highest BCUT2D eigenvalue weighted by Crippen LogP contribution is 2.20. The second-order valence-electron chi connectivity index (χ2n) is 7.33. The van der Waals surface area contributed by atoms with E-state index >= 15 is 0 Å². The lowest BCUT2D eigenvalue weighted by Crippen LogP contribution is -2.33. The molecular formula is C23H25N3O3. The highest BCUT2D eigenvalue weighted by molar-refractivity contribution is 6.12. The molecule has 150 valence electrons. The standard InChI is InChI=1S/C23H25N3O3/c27-22-16-20(19-9-2-3-10-21(19)25-22)23(28)24-17-7-6-8-18(15-17)29-14-13-26-11-4-1-5-12-26/h2-3,6-10,15-16H,1,4-5,11-14H2,(H,24,28)(H,25,27). The smallest absolute Gasteiger partial charge is 0.256 e. The lowest BCUT2D eigenvalue weighted by molar-refractivity contribution is 0.102. The van der Waals surface area contributed by atoms with Gasteiger partial charge in [-0.3, -0.25) is 14.5 Å². The van der Waals surface area contributed by atoms with Gasteiger partial charge in [-0.1, -0.05) is 30.7 Å². The molecule has 2 aromatic carbocycles. The number of carbonyl (C=O) groups is 1. The Balaban J connectivity index is 1.42. The fraction of sp³-hybridized carbons (Fsp3) is 0.304. The van der Waals surface area contributed by atoms with Crippen molar-refractivity contribution in [2.45, 2.75) is 19.3 Å². The monoisotopic (exact) mass is 391 g/mol. The number of anilines is 1. The number of nitrogens with one attached hydrogen (secondary N) is 2. The Morgan fingerprint density at radius 3 is 2.72 bits per heavy atom. The average Bonchev–Trinajstić information content (AvgIpc) is 2.74. The van der Waals surface area contributed by atoms with Gasteiger partial charge in [-0.25, -0.2) is 0 Å². The molecule has 0 radical (unpaired) electrons. The normalized spacial score (nSPS) is 14.6. The summed E-state index contributed by atoms with van der Waals surface area (Å²) in [6.07, 6.45) is 3.85. The Kier molecular flexibility index (Phi) is 5.91. The molecule has 1 aromatic heterocycles. The number of piperidine rings is 1. The molecule has 0 saturated carbocycles. The molecule has 1 amide bonds. The molecule has 29 heavy (non-hydrogen) atoms. The molecule has 0 unspecified atom stereocenters. The second kappa shape index (κ2) is 8.92. The van der Waals surface area contributed by atoms with Gasteiger partial charge in [0.2, 0.25) is 5.56 Å². The molecule has 6 nitrogen and oxygen atoms in total. The van der Waals surface area contributed by atoms with Gasteiger partial charge in [0, 0.05) is 35.3 Å². The van der Waals surface area contributed by atoms with Gasteiger partial charge in [0.25, 0.3) is 5.91 Å². The van der Waals surface area contributed by atoms with Crippen LogP contribution >= 0.6 is 0 Å². The van der Waals surface area contributed by atoms with Crippen LogP contribution in [0.25, 0.3) is 10.9 Å². The van der Waals surface area contributed by atoms with Crippen LogP contribution < -0.4 is 15.6 Å².